The lowest BCUT2D eigenvalue weighted by Crippen LogP contribution is -2.26. The van der Waals surface area contributed by atoms with E-state index < -0.39 is 0 Å². The van der Waals surface area contributed by atoms with Crippen molar-refractivity contribution in [3.8, 4) is 11.5 Å². The standard InChI is InChI=1S/C19H26N2O3/c1-19(2)11-15-9-6-10-16(18(15)24-19)23-13-17(22)21-20-12-14-7-4-3-5-8-14/h6,9-10,12,14H,3-5,7-8,11,13H2,1-2H3,(H,21,22). The number of fused-ring (bicyclic) bond motifs is 1. The molecule has 1 aromatic carbocycles. The van der Waals surface area contributed by atoms with Crippen LogP contribution in [-0.2, 0) is 11.2 Å². The van der Waals surface area contributed by atoms with Crippen molar-refractivity contribution in [2.24, 2.45) is 11.0 Å². The molecule has 1 aromatic rings. The fraction of sp³-hybridized carbons (Fsp3) is 0.579. The molecule has 0 bridgehead atoms. The second-order valence-corrected chi connectivity index (χ2v) is 7.28. The highest BCUT2D eigenvalue weighted by atomic mass is 16.5. The zero-order chi connectivity index (χ0) is 17.0. The highest BCUT2D eigenvalue weighted by Crippen LogP contribution is 2.41. The van der Waals surface area contributed by atoms with Crippen LogP contribution in [0.2, 0.25) is 0 Å². The van der Waals surface area contributed by atoms with Crippen molar-refractivity contribution >= 4 is 12.1 Å². The maximum Gasteiger partial charge on any atom is 0.277 e. The van der Waals surface area contributed by atoms with Crippen LogP contribution in [0.5, 0.6) is 11.5 Å². The van der Waals surface area contributed by atoms with Crippen LogP contribution < -0.4 is 14.9 Å². The van der Waals surface area contributed by atoms with Crippen molar-refractivity contribution in [3.63, 3.8) is 0 Å². The van der Waals surface area contributed by atoms with Crippen molar-refractivity contribution in [2.75, 3.05) is 6.61 Å². The first-order valence-electron chi connectivity index (χ1n) is 8.79. The highest BCUT2D eigenvalue weighted by molar-refractivity contribution is 5.78. The number of amides is 1. The number of benzene rings is 1. The lowest BCUT2D eigenvalue weighted by molar-refractivity contribution is -0.123. The number of ether oxygens (including phenoxy) is 2. The van der Waals surface area contributed by atoms with Crippen LogP contribution >= 0.6 is 0 Å². The second-order valence-electron chi connectivity index (χ2n) is 7.28. The van der Waals surface area contributed by atoms with Crippen LogP contribution in [0, 0.1) is 5.92 Å². The first-order chi connectivity index (χ1) is 11.5. The Morgan fingerprint density at radius 1 is 1.38 bits per heavy atom. The SMILES string of the molecule is CC1(C)Cc2cccc(OCC(=O)NN=CC3CCCCC3)c2O1. The third kappa shape index (κ3) is 4.28. The highest BCUT2D eigenvalue weighted by Gasteiger charge is 2.32. The summed E-state index contributed by atoms with van der Waals surface area (Å²) in [5, 5.41) is 4.07. The van der Waals surface area contributed by atoms with Gasteiger partial charge in [-0.05, 0) is 38.7 Å². The minimum absolute atomic E-state index is 0.0672. The van der Waals surface area contributed by atoms with Gasteiger partial charge in [0, 0.05) is 18.2 Å². The van der Waals surface area contributed by atoms with E-state index in [9.17, 15) is 4.79 Å². The van der Waals surface area contributed by atoms with E-state index in [1.54, 1.807) is 0 Å². The Morgan fingerprint density at radius 2 is 2.17 bits per heavy atom. The number of hydrogen-bond acceptors (Lipinski definition) is 4. The number of nitrogens with zero attached hydrogens (tertiary/aromatic N) is 1. The van der Waals surface area contributed by atoms with Gasteiger partial charge in [0.1, 0.15) is 5.60 Å². The van der Waals surface area contributed by atoms with Gasteiger partial charge in [-0.3, -0.25) is 4.79 Å². The van der Waals surface area contributed by atoms with Crippen molar-refractivity contribution in [2.45, 2.75) is 58.0 Å². The monoisotopic (exact) mass is 330 g/mol. The summed E-state index contributed by atoms with van der Waals surface area (Å²) in [5.74, 6) is 1.61. The average molecular weight is 330 g/mol. The summed E-state index contributed by atoms with van der Waals surface area (Å²) in [5.41, 5.74) is 3.44. The van der Waals surface area contributed by atoms with Gasteiger partial charge in [0.2, 0.25) is 0 Å². The predicted molar refractivity (Wildman–Crippen MR) is 93.6 cm³/mol. The van der Waals surface area contributed by atoms with Crippen molar-refractivity contribution in [1.29, 1.82) is 0 Å². The molecule has 1 fully saturated rings. The van der Waals surface area contributed by atoms with E-state index in [0.717, 1.165) is 17.7 Å². The van der Waals surface area contributed by atoms with Gasteiger partial charge in [-0.2, -0.15) is 5.10 Å². The van der Waals surface area contributed by atoms with Gasteiger partial charge in [-0.1, -0.05) is 31.4 Å². The number of rotatable bonds is 5. The minimum atomic E-state index is -0.253. The minimum Gasteiger partial charge on any atom is -0.483 e. The van der Waals surface area contributed by atoms with E-state index >= 15 is 0 Å². The summed E-state index contributed by atoms with van der Waals surface area (Å²) in [6.07, 6.45) is 8.86. The van der Waals surface area contributed by atoms with E-state index in [1.165, 1.54) is 32.1 Å². The van der Waals surface area contributed by atoms with Crippen LogP contribution in [0.15, 0.2) is 23.3 Å². The van der Waals surface area contributed by atoms with Crippen molar-refractivity contribution in [3.05, 3.63) is 23.8 Å². The number of para-hydroxylation sites is 1. The van der Waals surface area contributed by atoms with Gasteiger partial charge in [-0.15, -0.1) is 0 Å². The van der Waals surface area contributed by atoms with Crippen LogP contribution in [0.1, 0.15) is 51.5 Å². The molecule has 24 heavy (non-hydrogen) atoms. The summed E-state index contributed by atoms with van der Waals surface area (Å²) in [6.45, 7) is 4.02. The summed E-state index contributed by atoms with van der Waals surface area (Å²) in [4.78, 5) is 11.9. The van der Waals surface area contributed by atoms with Gasteiger partial charge in [-0.25, -0.2) is 5.43 Å². The Kier molecular flexibility index (Phi) is 5.07. The maximum absolute atomic E-state index is 11.9. The number of hydrazone groups is 1. The molecular weight excluding hydrogens is 304 g/mol. The third-order valence-electron chi connectivity index (χ3n) is 4.54. The summed E-state index contributed by atoms with van der Waals surface area (Å²) < 4.78 is 11.6. The number of nitrogens with one attached hydrogen (secondary N) is 1. The van der Waals surface area contributed by atoms with Gasteiger partial charge < -0.3 is 9.47 Å². The van der Waals surface area contributed by atoms with Gasteiger partial charge in [0.05, 0.1) is 0 Å². The molecule has 0 spiro atoms. The smallest absolute Gasteiger partial charge is 0.277 e. The van der Waals surface area contributed by atoms with Crippen LogP contribution in [0.25, 0.3) is 0 Å². The first-order valence-corrected chi connectivity index (χ1v) is 8.79. The van der Waals surface area contributed by atoms with E-state index in [0.29, 0.717) is 11.7 Å². The van der Waals surface area contributed by atoms with Gasteiger partial charge in [0.15, 0.2) is 18.1 Å². The molecule has 0 radical (unpaired) electrons. The molecule has 1 saturated carbocycles. The molecule has 2 aliphatic rings. The molecule has 5 heteroatoms. The van der Waals surface area contributed by atoms with Crippen molar-refractivity contribution in [1.82, 2.24) is 5.43 Å². The normalized spacial score (nSPS) is 19.8. The lowest BCUT2D eigenvalue weighted by atomic mass is 9.90. The summed E-state index contributed by atoms with van der Waals surface area (Å²) in [6, 6.07) is 5.79. The maximum atomic E-state index is 11.9. The molecule has 0 atom stereocenters. The molecule has 0 saturated heterocycles. The van der Waals surface area contributed by atoms with Crippen LogP contribution in [0.4, 0.5) is 0 Å². The molecule has 5 nitrogen and oxygen atoms in total. The Bertz CT molecular complexity index is 619. The van der Waals surface area contributed by atoms with Crippen LogP contribution in [0.3, 0.4) is 0 Å². The predicted octanol–water partition coefficient (Wildman–Crippen LogP) is 3.46. The Morgan fingerprint density at radius 3 is 2.96 bits per heavy atom. The average Bonchev–Trinajstić information content (AvgIpc) is 2.88. The largest absolute Gasteiger partial charge is 0.483 e. The quantitative estimate of drug-likeness (QED) is 0.664. The molecule has 130 valence electrons. The fourth-order valence-corrected chi connectivity index (χ4v) is 3.37. The van der Waals surface area contributed by atoms with E-state index in [-0.39, 0.29) is 18.1 Å². The number of hydrogen-bond donors (Lipinski definition) is 1. The van der Waals surface area contributed by atoms with E-state index in [1.807, 2.05) is 38.3 Å². The Hall–Kier alpha value is -2.04. The van der Waals surface area contributed by atoms with Crippen LogP contribution in [-0.4, -0.2) is 24.3 Å². The molecule has 1 N–H and O–H groups in total. The molecule has 1 aliphatic heterocycles. The van der Waals surface area contributed by atoms with E-state index in [4.69, 9.17) is 9.47 Å². The lowest BCUT2D eigenvalue weighted by Gasteiger charge is -2.18. The number of carbonyl (C=O) groups excluding carboxylic acids is 1. The topological polar surface area (TPSA) is 59.9 Å². The molecular formula is C19H26N2O3. The molecule has 0 aromatic heterocycles. The second kappa shape index (κ2) is 7.24. The molecule has 1 heterocycles. The molecule has 0 unspecified atom stereocenters. The summed E-state index contributed by atoms with van der Waals surface area (Å²) >= 11 is 0. The molecule has 1 aliphatic carbocycles. The Balaban J connectivity index is 1.49. The Labute approximate surface area is 143 Å². The fourth-order valence-electron chi connectivity index (χ4n) is 3.37. The third-order valence-corrected chi connectivity index (χ3v) is 4.54. The number of carbonyl (C=O) groups is 1. The van der Waals surface area contributed by atoms with Crippen molar-refractivity contribution < 1.29 is 14.3 Å². The first kappa shape index (κ1) is 16.8. The summed E-state index contributed by atoms with van der Waals surface area (Å²) in [7, 11) is 0. The van der Waals surface area contributed by atoms with Gasteiger partial charge >= 0.3 is 0 Å². The van der Waals surface area contributed by atoms with Gasteiger partial charge in [0.25, 0.3) is 5.91 Å². The van der Waals surface area contributed by atoms with E-state index in [2.05, 4.69) is 10.5 Å². The zero-order valence-corrected chi connectivity index (χ0v) is 14.5. The zero-order valence-electron chi connectivity index (χ0n) is 14.5. The molecule has 1 amide bonds. The molecule has 3 rings (SSSR count).